The van der Waals surface area contributed by atoms with E-state index in [0.29, 0.717) is 23.3 Å². The molecule has 3 aromatic rings. The van der Waals surface area contributed by atoms with E-state index in [0.717, 1.165) is 15.8 Å². The van der Waals surface area contributed by atoms with Gasteiger partial charge in [-0.1, -0.05) is 41.9 Å². The summed E-state index contributed by atoms with van der Waals surface area (Å²) in [6.07, 6.45) is 1.64. The lowest BCUT2D eigenvalue weighted by atomic mass is 10.2. The first-order valence-electron chi connectivity index (χ1n) is 8.49. The Morgan fingerprint density at radius 3 is 2.77 bits per heavy atom. The molecule has 2 aromatic carbocycles. The van der Waals surface area contributed by atoms with E-state index in [1.165, 1.54) is 4.68 Å². The van der Waals surface area contributed by atoms with Crippen molar-refractivity contribution in [1.29, 1.82) is 0 Å². The molecule has 0 fully saturated rings. The second-order valence-corrected chi connectivity index (χ2v) is 7.03. The first kappa shape index (κ1) is 18.3. The summed E-state index contributed by atoms with van der Waals surface area (Å²) in [5.74, 6) is 1.40. The van der Waals surface area contributed by atoms with Crippen LogP contribution >= 0.6 is 15.9 Å². The Morgan fingerprint density at radius 1 is 1.27 bits per heavy atom. The van der Waals surface area contributed by atoms with Crippen molar-refractivity contribution in [1.82, 2.24) is 9.66 Å². The molecular weight excluding hydrogens is 394 g/mol. The molecule has 6 heteroatoms. The van der Waals surface area contributed by atoms with Crippen LogP contribution in [0.2, 0.25) is 0 Å². The van der Waals surface area contributed by atoms with Crippen LogP contribution in [0.5, 0.6) is 5.75 Å². The third-order valence-electron chi connectivity index (χ3n) is 3.88. The molecule has 0 saturated carbocycles. The van der Waals surface area contributed by atoms with Gasteiger partial charge in [0.2, 0.25) is 0 Å². The van der Waals surface area contributed by atoms with Crippen molar-refractivity contribution in [2.75, 3.05) is 6.61 Å². The van der Waals surface area contributed by atoms with Gasteiger partial charge in [0.25, 0.3) is 5.56 Å². The first-order chi connectivity index (χ1) is 12.5. The molecule has 5 nitrogen and oxygen atoms in total. The Kier molecular flexibility index (Phi) is 5.52. The first-order valence-corrected chi connectivity index (χ1v) is 9.29. The number of nitrogens with zero attached hydrogens (tertiary/aromatic N) is 3. The normalized spacial score (nSPS) is 11.6. The van der Waals surface area contributed by atoms with Gasteiger partial charge in [-0.25, -0.2) is 4.98 Å². The van der Waals surface area contributed by atoms with E-state index >= 15 is 0 Å². The van der Waals surface area contributed by atoms with E-state index in [9.17, 15) is 4.79 Å². The lowest BCUT2D eigenvalue weighted by molar-refractivity contribution is 0.340. The van der Waals surface area contributed by atoms with Gasteiger partial charge in [-0.2, -0.15) is 9.78 Å². The monoisotopic (exact) mass is 413 g/mol. The van der Waals surface area contributed by atoms with Crippen LogP contribution in [0.4, 0.5) is 0 Å². The van der Waals surface area contributed by atoms with Crippen LogP contribution < -0.4 is 10.3 Å². The van der Waals surface area contributed by atoms with Gasteiger partial charge in [-0.05, 0) is 37.3 Å². The zero-order valence-electron chi connectivity index (χ0n) is 14.9. The van der Waals surface area contributed by atoms with Crippen molar-refractivity contribution in [2.45, 2.75) is 26.7 Å². The highest BCUT2D eigenvalue weighted by molar-refractivity contribution is 9.10. The van der Waals surface area contributed by atoms with Crippen LogP contribution in [-0.2, 0) is 0 Å². The molecule has 0 aliphatic carbocycles. The fraction of sp³-hybridized carbons (Fsp3) is 0.250. The Hall–Kier alpha value is -2.47. The van der Waals surface area contributed by atoms with Crippen LogP contribution in [0.15, 0.2) is 56.8 Å². The third kappa shape index (κ3) is 3.70. The van der Waals surface area contributed by atoms with Gasteiger partial charge >= 0.3 is 0 Å². The Labute approximate surface area is 160 Å². The quantitative estimate of drug-likeness (QED) is 0.575. The second kappa shape index (κ2) is 7.83. The summed E-state index contributed by atoms with van der Waals surface area (Å²) < 4.78 is 7.83. The number of fused-ring (bicyclic) bond motifs is 1. The summed E-state index contributed by atoms with van der Waals surface area (Å²) in [6.45, 7) is 6.48. The maximum atomic E-state index is 13.0. The molecule has 0 saturated heterocycles. The minimum Gasteiger partial charge on any atom is -0.493 e. The minimum absolute atomic E-state index is 0.0510. The van der Waals surface area contributed by atoms with Crippen LogP contribution in [-0.4, -0.2) is 22.5 Å². The molecule has 0 unspecified atom stereocenters. The van der Waals surface area contributed by atoms with Crippen LogP contribution in [0.1, 0.15) is 38.1 Å². The fourth-order valence-corrected chi connectivity index (χ4v) is 3.01. The predicted octanol–water partition coefficient (Wildman–Crippen LogP) is 4.56. The number of ether oxygens (including phenoxy) is 1. The fourth-order valence-electron chi connectivity index (χ4n) is 2.65. The topological polar surface area (TPSA) is 56.5 Å². The molecule has 0 radical (unpaired) electrons. The number of halogens is 1. The minimum atomic E-state index is -0.190. The lowest BCUT2D eigenvalue weighted by Gasteiger charge is -2.12. The molecule has 1 heterocycles. The van der Waals surface area contributed by atoms with Crippen molar-refractivity contribution < 1.29 is 4.74 Å². The third-order valence-corrected chi connectivity index (χ3v) is 4.37. The van der Waals surface area contributed by atoms with Crippen molar-refractivity contribution >= 4 is 33.0 Å². The average Bonchev–Trinajstić information content (AvgIpc) is 2.62. The Bertz CT molecular complexity index is 1030. The zero-order chi connectivity index (χ0) is 18.7. The predicted molar refractivity (Wildman–Crippen MR) is 108 cm³/mol. The van der Waals surface area contributed by atoms with E-state index in [1.54, 1.807) is 12.3 Å². The van der Waals surface area contributed by atoms with E-state index in [-0.39, 0.29) is 11.5 Å². The lowest BCUT2D eigenvalue weighted by Crippen LogP contribution is -2.23. The van der Waals surface area contributed by atoms with E-state index in [1.807, 2.05) is 57.2 Å². The summed E-state index contributed by atoms with van der Waals surface area (Å²) in [4.78, 5) is 17.6. The molecule has 0 bridgehead atoms. The number of hydrogen-bond donors (Lipinski definition) is 0. The maximum Gasteiger partial charge on any atom is 0.282 e. The second-order valence-electron chi connectivity index (χ2n) is 6.12. The van der Waals surface area contributed by atoms with Gasteiger partial charge in [-0.3, -0.25) is 4.79 Å². The number of benzene rings is 2. The average molecular weight is 414 g/mol. The Morgan fingerprint density at radius 2 is 2.04 bits per heavy atom. The highest BCUT2D eigenvalue weighted by Crippen LogP contribution is 2.20. The summed E-state index contributed by atoms with van der Waals surface area (Å²) in [5.41, 5.74) is 1.29. The summed E-state index contributed by atoms with van der Waals surface area (Å²) in [7, 11) is 0. The SMILES string of the molecule is CCOc1ccccc1C=Nn1c(C(C)C)nc2ccc(Br)cc2c1=O. The molecule has 0 aliphatic heterocycles. The van der Waals surface area contributed by atoms with Crippen molar-refractivity contribution in [2.24, 2.45) is 5.10 Å². The van der Waals surface area contributed by atoms with Gasteiger partial charge in [0.15, 0.2) is 0 Å². The van der Waals surface area contributed by atoms with Gasteiger partial charge in [-0.15, -0.1) is 0 Å². The van der Waals surface area contributed by atoms with E-state index < -0.39 is 0 Å². The van der Waals surface area contributed by atoms with Crippen LogP contribution in [0, 0.1) is 0 Å². The number of hydrogen-bond acceptors (Lipinski definition) is 4. The van der Waals surface area contributed by atoms with Gasteiger partial charge < -0.3 is 4.74 Å². The van der Waals surface area contributed by atoms with Crippen molar-refractivity contribution in [3.63, 3.8) is 0 Å². The molecule has 0 atom stereocenters. The molecule has 3 rings (SSSR count). The highest BCUT2D eigenvalue weighted by atomic mass is 79.9. The van der Waals surface area contributed by atoms with Gasteiger partial charge in [0, 0.05) is 16.0 Å². The molecule has 0 amide bonds. The van der Waals surface area contributed by atoms with E-state index in [4.69, 9.17) is 4.74 Å². The molecule has 0 aliphatic rings. The zero-order valence-corrected chi connectivity index (χ0v) is 16.5. The largest absolute Gasteiger partial charge is 0.493 e. The molecular formula is C20H20BrN3O2. The summed E-state index contributed by atoms with van der Waals surface area (Å²) in [6, 6.07) is 13.1. The summed E-state index contributed by atoms with van der Waals surface area (Å²) >= 11 is 3.41. The molecule has 26 heavy (non-hydrogen) atoms. The van der Waals surface area contributed by atoms with Crippen molar-refractivity contribution in [3.8, 4) is 5.75 Å². The maximum absolute atomic E-state index is 13.0. The smallest absolute Gasteiger partial charge is 0.282 e. The Balaban J connectivity index is 2.16. The number of para-hydroxylation sites is 1. The molecule has 1 aromatic heterocycles. The molecule has 0 spiro atoms. The highest BCUT2D eigenvalue weighted by Gasteiger charge is 2.14. The van der Waals surface area contributed by atoms with Gasteiger partial charge in [0.1, 0.15) is 11.6 Å². The number of aromatic nitrogens is 2. The molecule has 0 N–H and O–H groups in total. The number of rotatable bonds is 5. The van der Waals surface area contributed by atoms with E-state index in [2.05, 4.69) is 26.0 Å². The van der Waals surface area contributed by atoms with Crippen molar-refractivity contribution in [3.05, 3.63) is 68.7 Å². The van der Waals surface area contributed by atoms with Crippen LogP contribution in [0.3, 0.4) is 0 Å². The summed E-state index contributed by atoms with van der Waals surface area (Å²) in [5, 5.41) is 4.97. The molecule has 134 valence electrons. The standard InChI is InChI=1S/C20H20BrN3O2/c1-4-26-18-8-6-5-7-14(18)12-22-24-19(13(2)3)23-17-10-9-15(21)11-16(17)20(24)25/h5-13H,4H2,1-3H3. The van der Waals surface area contributed by atoms with Crippen LogP contribution in [0.25, 0.3) is 10.9 Å². The van der Waals surface area contributed by atoms with Gasteiger partial charge in [0.05, 0.1) is 23.7 Å².